The molecule has 3 heteroatoms. The van der Waals surface area contributed by atoms with Crippen molar-refractivity contribution in [2.24, 2.45) is 5.92 Å². The van der Waals surface area contributed by atoms with E-state index in [-0.39, 0.29) is 0 Å². The third kappa shape index (κ3) is 2.27. The number of aliphatic hydroxyl groups is 1. The minimum absolute atomic E-state index is 0.301. The van der Waals surface area contributed by atoms with Gasteiger partial charge in [0.15, 0.2) is 0 Å². The van der Waals surface area contributed by atoms with Crippen LogP contribution in [0.5, 0.6) is 0 Å². The molecule has 3 fully saturated rings. The Labute approximate surface area is 86.5 Å². The SMILES string of the molecule is CC(CCO)NC1CN2CCC1CC2. The molecule has 0 aromatic heterocycles. The van der Waals surface area contributed by atoms with Crippen LogP contribution in [0.25, 0.3) is 0 Å². The molecule has 0 amide bonds. The predicted molar refractivity (Wildman–Crippen MR) is 57.3 cm³/mol. The van der Waals surface area contributed by atoms with Crippen LogP contribution in [-0.2, 0) is 0 Å². The van der Waals surface area contributed by atoms with E-state index in [1.165, 1.54) is 32.5 Å². The first-order valence-electron chi connectivity index (χ1n) is 5.89. The van der Waals surface area contributed by atoms with Gasteiger partial charge in [0.1, 0.15) is 0 Å². The zero-order chi connectivity index (χ0) is 9.97. The highest BCUT2D eigenvalue weighted by molar-refractivity contribution is 4.91. The van der Waals surface area contributed by atoms with E-state index in [1.807, 2.05) is 0 Å². The van der Waals surface area contributed by atoms with Crippen molar-refractivity contribution in [2.75, 3.05) is 26.2 Å². The number of nitrogens with zero attached hydrogens (tertiary/aromatic N) is 1. The summed E-state index contributed by atoms with van der Waals surface area (Å²) in [5, 5.41) is 12.5. The Kier molecular flexibility index (Phi) is 3.42. The normalized spacial score (nSPS) is 38.6. The average molecular weight is 198 g/mol. The molecule has 0 saturated carbocycles. The molecule has 0 radical (unpaired) electrons. The summed E-state index contributed by atoms with van der Waals surface area (Å²) in [6.45, 7) is 6.30. The Morgan fingerprint density at radius 3 is 2.64 bits per heavy atom. The Balaban J connectivity index is 1.80. The van der Waals surface area contributed by atoms with E-state index in [1.54, 1.807) is 0 Å². The largest absolute Gasteiger partial charge is 0.396 e. The second kappa shape index (κ2) is 4.60. The van der Waals surface area contributed by atoms with Crippen LogP contribution in [0.2, 0.25) is 0 Å². The molecular formula is C11H22N2O. The Morgan fingerprint density at radius 1 is 1.43 bits per heavy atom. The maximum atomic E-state index is 8.85. The fourth-order valence-corrected chi connectivity index (χ4v) is 2.80. The summed E-state index contributed by atoms with van der Waals surface area (Å²) in [6.07, 6.45) is 3.61. The third-order valence-corrected chi connectivity index (χ3v) is 3.72. The van der Waals surface area contributed by atoms with Gasteiger partial charge in [0, 0.05) is 25.2 Å². The van der Waals surface area contributed by atoms with Crippen LogP contribution in [0.4, 0.5) is 0 Å². The molecule has 2 bridgehead atoms. The van der Waals surface area contributed by atoms with Crippen LogP contribution in [0, 0.1) is 5.92 Å². The van der Waals surface area contributed by atoms with Crippen molar-refractivity contribution in [2.45, 2.75) is 38.3 Å². The molecule has 3 nitrogen and oxygen atoms in total. The lowest BCUT2D eigenvalue weighted by Gasteiger charge is -2.46. The van der Waals surface area contributed by atoms with E-state index in [4.69, 9.17) is 5.11 Å². The van der Waals surface area contributed by atoms with Gasteiger partial charge >= 0.3 is 0 Å². The van der Waals surface area contributed by atoms with E-state index in [0.717, 1.165) is 12.3 Å². The highest BCUT2D eigenvalue weighted by Crippen LogP contribution is 2.27. The summed E-state index contributed by atoms with van der Waals surface area (Å²) in [6, 6.07) is 1.14. The number of rotatable bonds is 4. The number of nitrogens with one attached hydrogen (secondary N) is 1. The van der Waals surface area contributed by atoms with Crippen molar-refractivity contribution >= 4 is 0 Å². The summed E-state index contributed by atoms with van der Waals surface area (Å²) < 4.78 is 0. The lowest BCUT2D eigenvalue weighted by atomic mass is 9.83. The number of hydrogen-bond donors (Lipinski definition) is 2. The van der Waals surface area contributed by atoms with Crippen LogP contribution >= 0.6 is 0 Å². The molecule has 2 atom stereocenters. The standard InChI is InChI=1S/C11H22N2O/c1-9(4-7-14)12-11-8-13-5-2-10(11)3-6-13/h9-12,14H,2-8H2,1H3. The number of fused-ring (bicyclic) bond motifs is 3. The smallest absolute Gasteiger partial charge is 0.0445 e. The molecular weight excluding hydrogens is 176 g/mol. The Morgan fingerprint density at radius 2 is 2.14 bits per heavy atom. The van der Waals surface area contributed by atoms with Crippen molar-refractivity contribution in [1.29, 1.82) is 0 Å². The molecule has 82 valence electrons. The highest BCUT2D eigenvalue weighted by Gasteiger charge is 2.34. The van der Waals surface area contributed by atoms with Crippen molar-refractivity contribution in [3.05, 3.63) is 0 Å². The van der Waals surface area contributed by atoms with Crippen molar-refractivity contribution in [3.63, 3.8) is 0 Å². The first-order chi connectivity index (χ1) is 6.79. The summed E-state index contributed by atoms with van der Waals surface area (Å²) in [5.41, 5.74) is 0. The van der Waals surface area contributed by atoms with E-state index >= 15 is 0 Å². The molecule has 0 aromatic rings. The fourth-order valence-electron chi connectivity index (χ4n) is 2.80. The monoisotopic (exact) mass is 198 g/mol. The van der Waals surface area contributed by atoms with Gasteiger partial charge in [-0.05, 0) is 45.2 Å². The van der Waals surface area contributed by atoms with Gasteiger partial charge in [0.25, 0.3) is 0 Å². The van der Waals surface area contributed by atoms with Crippen molar-refractivity contribution in [1.82, 2.24) is 10.2 Å². The second-order valence-electron chi connectivity index (χ2n) is 4.82. The molecule has 0 aromatic carbocycles. The van der Waals surface area contributed by atoms with Gasteiger partial charge in [-0.2, -0.15) is 0 Å². The Hall–Kier alpha value is -0.120. The Bertz CT molecular complexity index is 178. The molecule has 0 spiro atoms. The summed E-state index contributed by atoms with van der Waals surface area (Å²) in [4.78, 5) is 2.56. The topological polar surface area (TPSA) is 35.5 Å². The molecule has 3 rings (SSSR count). The molecule has 0 aliphatic carbocycles. The first kappa shape index (κ1) is 10.4. The number of hydrogen-bond acceptors (Lipinski definition) is 3. The molecule has 3 aliphatic rings. The van der Waals surface area contributed by atoms with E-state index in [2.05, 4.69) is 17.1 Å². The molecule has 2 unspecified atom stereocenters. The number of piperidine rings is 3. The molecule has 14 heavy (non-hydrogen) atoms. The van der Waals surface area contributed by atoms with Crippen LogP contribution < -0.4 is 5.32 Å². The molecule has 3 saturated heterocycles. The maximum absolute atomic E-state index is 8.85. The average Bonchev–Trinajstić information content (AvgIpc) is 2.19. The van der Waals surface area contributed by atoms with Crippen LogP contribution in [-0.4, -0.2) is 48.3 Å². The summed E-state index contributed by atoms with van der Waals surface area (Å²) >= 11 is 0. The number of aliphatic hydroxyl groups excluding tert-OH is 1. The van der Waals surface area contributed by atoms with Crippen molar-refractivity contribution < 1.29 is 5.11 Å². The van der Waals surface area contributed by atoms with Gasteiger partial charge in [-0.1, -0.05) is 0 Å². The van der Waals surface area contributed by atoms with Crippen LogP contribution in [0.1, 0.15) is 26.2 Å². The van der Waals surface area contributed by atoms with Crippen LogP contribution in [0.3, 0.4) is 0 Å². The molecule has 3 heterocycles. The van der Waals surface area contributed by atoms with Gasteiger partial charge in [0.05, 0.1) is 0 Å². The van der Waals surface area contributed by atoms with Gasteiger partial charge in [-0.25, -0.2) is 0 Å². The quantitative estimate of drug-likeness (QED) is 0.688. The van der Waals surface area contributed by atoms with Gasteiger partial charge in [-0.3, -0.25) is 0 Å². The van der Waals surface area contributed by atoms with Crippen molar-refractivity contribution in [3.8, 4) is 0 Å². The zero-order valence-corrected chi connectivity index (χ0v) is 9.08. The minimum atomic E-state index is 0.301. The lowest BCUT2D eigenvalue weighted by Crippen LogP contribution is -2.57. The van der Waals surface area contributed by atoms with Gasteiger partial charge < -0.3 is 15.3 Å². The maximum Gasteiger partial charge on any atom is 0.0445 e. The summed E-state index contributed by atoms with van der Waals surface area (Å²) in [7, 11) is 0. The fraction of sp³-hybridized carbons (Fsp3) is 1.00. The summed E-state index contributed by atoms with van der Waals surface area (Å²) in [5.74, 6) is 0.890. The lowest BCUT2D eigenvalue weighted by molar-refractivity contribution is 0.0662. The molecule has 2 N–H and O–H groups in total. The first-order valence-corrected chi connectivity index (χ1v) is 5.89. The van der Waals surface area contributed by atoms with E-state index in [0.29, 0.717) is 18.7 Å². The predicted octanol–water partition coefficient (Wildman–Crippen LogP) is 0.441. The third-order valence-electron chi connectivity index (χ3n) is 3.72. The van der Waals surface area contributed by atoms with E-state index < -0.39 is 0 Å². The van der Waals surface area contributed by atoms with Gasteiger partial charge in [-0.15, -0.1) is 0 Å². The van der Waals surface area contributed by atoms with E-state index in [9.17, 15) is 0 Å². The molecule has 3 aliphatic heterocycles. The minimum Gasteiger partial charge on any atom is -0.396 e. The highest BCUT2D eigenvalue weighted by atomic mass is 16.3. The zero-order valence-electron chi connectivity index (χ0n) is 9.08. The van der Waals surface area contributed by atoms with Gasteiger partial charge in [0.2, 0.25) is 0 Å². The van der Waals surface area contributed by atoms with Crippen LogP contribution in [0.15, 0.2) is 0 Å². The second-order valence-corrected chi connectivity index (χ2v) is 4.82.